The molecule has 0 aliphatic heterocycles. The van der Waals surface area contributed by atoms with Crippen molar-refractivity contribution in [3.8, 4) is 0 Å². The Balaban J connectivity index is 6.43. The van der Waals surface area contributed by atoms with E-state index in [1.807, 2.05) is 0 Å². The molecule has 0 amide bonds. The van der Waals surface area contributed by atoms with Gasteiger partial charge in [0.1, 0.15) is 0 Å². The van der Waals surface area contributed by atoms with Crippen molar-refractivity contribution in [2.45, 2.75) is 60.5 Å². The molecule has 0 radical (unpaired) electrons. The maximum absolute atomic E-state index is 13.8. The lowest BCUT2D eigenvalue weighted by atomic mass is 10.2. The number of hydrogen-bond acceptors (Lipinski definition) is 4. The first-order chi connectivity index (χ1) is 16.0. The van der Waals surface area contributed by atoms with E-state index in [0.29, 0.717) is 0 Å². The second kappa shape index (κ2) is 9.50. The monoisotopic (exact) mass is 628 g/mol. The summed E-state index contributed by atoms with van der Waals surface area (Å²) in [6.07, 6.45) is -45.8. The van der Waals surface area contributed by atoms with Gasteiger partial charge in [-0.2, -0.15) is 96.6 Å². The summed E-state index contributed by atoms with van der Waals surface area (Å²) in [6, 6.07) is 0. The van der Waals surface area contributed by atoms with Crippen LogP contribution in [0.3, 0.4) is 0 Å². The number of ether oxygens (including phenoxy) is 3. The van der Waals surface area contributed by atoms with E-state index in [4.69, 9.17) is 0 Å². The lowest BCUT2D eigenvalue weighted by molar-refractivity contribution is -0.487. The molecular formula is C12H2F22O4. The Hall–Kier alpha value is -2.15. The normalized spacial score (nSPS) is 18.6. The molecule has 0 aromatic heterocycles. The fourth-order valence-corrected chi connectivity index (χ4v) is 1.47. The molecule has 0 aromatic carbocycles. The molecule has 2 unspecified atom stereocenters. The summed E-state index contributed by atoms with van der Waals surface area (Å²) in [5, 5.41) is 0. The van der Waals surface area contributed by atoms with Gasteiger partial charge >= 0.3 is 66.4 Å². The maximum atomic E-state index is 13.8. The Morgan fingerprint density at radius 2 is 0.763 bits per heavy atom. The second-order valence-corrected chi connectivity index (χ2v) is 6.28. The minimum absolute atomic E-state index is 1.46. The Kier molecular flexibility index (Phi) is 8.96. The number of alkyl halides is 22. The van der Waals surface area contributed by atoms with Crippen LogP contribution in [0, 0.1) is 0 Å². The maximum Gasteiger partial charge on any atom is 0.462 e. The van der Waals surface area contributed by atoms with E-state index in [2.05, 4.69) is 4.74 Å². The van der Waals surface area contributed by atoms with Gasteiger partial charge in [-0.05, 0) is 0 Å². The number of carbonyl (C=O) groups excluding carboxylic acids is 1. The summed E-state index contributed by atoms with van der Waals surface area (Å²) in [6.45, 7) is -4.23. The summed E-state index contributed by atoms with van der Waals surface area (Å²) < 4.78 is 283. The van der Waals surface area contributed by atoms with Crippen LogP contribution in [0.5, 0.6) is 0 Å². The Bertz CT molecular complexity index is 850. The molecule has 0 aromatic rings. The first kappa shape index (κ1) is 35.9. The molecule has 26 heteroatoms. The van der Waals surface area contributed by atoms with E-state index in [9.17, 15) is 101 Å². The molecule has 0 saturated carbocycles. The molecular weight excluding hydrogens is 626 g/mol. The van der Waals surface area contributed by atoms with Crippen LogP contribution in [0.4, 0.5) is 96.6 Å². The molecule has 0 saturated heterocycles. The quantitative estimate of drug-likeness (QED) is 0.214. The van der Waals surface area contributed by atoms with Crippen LogP contribution >= 0.6 is 0 Å². The van der Waals surface area contributed by atoms with Crippen LogP contribution in [0.15, 0.2) is 0 Å². The van der Waals surface area contributed by atoms with Gasteiger partial charge in [0.05, 0.1) is 0 Å². The van der Waals surface area contributed by atoms with Crippen molar-refractivity contribution in [3.05, 3.63) is 0 Å². The highest BCUT2D eigenvalue weighted by Gasteiger charge is 2.81. The molecule has 0 rings (SSSR count). The minimum Gasteiger partial charge on any atom is -0.455 e. The Labute approximate surface area is 190 Å². The van der Waals surface area contributed by atoms with E-state index in [1.54, 1.807) is 4.74 Å². The topological polar surface area (TPSA) is 44.8 Å². The number of halogens is 22. The zero-order chi connectivity index (χ0) is 31.4. The van der Waals surface area contributed by atoms with Crippen LogP contribution in [0.25, 0.3) is 0 Å². The smallest absolute Gasteiger partial charge is 0.455 e. The molecule has 2 atom stereocenters. The van der Waals surface area contributed by atoms with Gasteiger partial charge < -0.3 is 4.74 Å². The molecule has 228 valence electrons. The molecule has 38 heavy (non-hydrogen) atoms. The van der Waals surface area contributed by atoms with Crippen molar-refractivity contribution in [1.29, 1.82) is 0 Å². The lowest BCUT2D eigenvalue weighted by Crippen LogP contribution is -2.63. The van der Waals surface area contributed by atoms with Gasteiger partial charge in [0, 0.05) is 0 Å². The van der Waals surface area contributed by atoms with E-state index >= 15 is 0 Å². The van der Waals surface area contributed by atoms with E-state index in [0.717, 1.165) is 0 Å². The van der Waals surface area contributed by atoms with Crippen molar-refractivity contribution in [2.24, 2.45) is 0 Å². The first-order valence-electron chi connectivity index (χ1n) is 7.77. The SMILES string of the molecule is O=C(OCC(F)(OC(F)(F)C(F)(F)C(F)(F)F)C(F)(F)F)C(F)(OC(F)(F)C(F)(F)C(F)(F)F)C(F)(F)F. The average molecular weight is 628 g/mol. The summed E-state index contributed by atoms with van der Waals surface area (Å²) in [4.78, 5) is 11.1. The highest BCUT2D eigenvalue weighted by Crippen LogP contribution is 2.53. The zero-order valence-electron chi connectivity index (χ0n) is 16.2. The highest BCUT2D eigenvalue weighted by atomic mass is 19.4. The van der Waals surface area contributed by atoms with Crippen molar-refractivity contribution < 1.29 is 116 Å². The highest BCUT2D eigenvalue weighted by molar-refractivity contribution is 5.79. The molecule has 0 bridgehead atoms. The van der Waals surface area contributed by atoms with Crippen molar-refractivity contribution in [2.75, 3.05) is 6.61 Å². The first-order valence-corrected chi connectivity index (χ1v) is 7.77. The standard InChI is InChI=1S/C12H2F22O4/c13-3(7(19,20)21,37-11(31,32)5(15,16)9(25,26)27)1-36-2(35)4(14,8(22,23)24)38-12(33,34)6(17,18)10(28,29)30/h1H2. The predicted octanol–water partition coefficient (Wildman–Crippen LogP) is 6.60. The Morgan fingerprint density at radius 3 is 1.03 bits per heavy atom. The molecule has 0 aliphatic rings. The van der Waals surface area contributed by atoms with Crippen LogP contribution in [-0.2, 0) is 19.0 Å². The van der Waals surface area contributed by atoms with Gasteiger partial charge in [-0.3, -0.25) is 9.47 Å². The van der Waals surface area contributed by atoms with E-state index in [1.165, 1.54) is 4.74 Å². The molecule has 4 nitrogen and oxygen atoms in total. The van der Waals surface area contributed by atoms with Crippen molar-refractivity contribution >= 4 is 5.97 Å². The van der Waals surface area contributed by atoms with Gasteiger partial charge in [-0.25, -0.2) is 4.79 Å². The fraction of sp³-hybridized carbons (Fsp3) is 0.917. The summed E-state index contributed by atoms with van der Waals surface area (Å²) in [5.74, 6) is -34.8. The van der Waals surface area contributed by atoms with E-state index < -0.39 is 73.1 Å². The summed E-state index contributed by atoms with van der Waals surface area (Å²) in [7, 11) is 0. The van der Waals surface area contributed by atoms with Gasteiger partial charge in [0.25, 0.3) is 0 Å². The minimum atomic E-state index is -7.84. The summed E-state index contributed by atoms with van der Waals surface area (Å²) in [5.41, 5.74) is 0. The molecule has 0 fully saturated rings. The third-order valence-electron chi connectivity index (χ3n) is 3.44. The van der Waals surface area contributed by atoms with Gasteiger partial charge in [0.15, 0.2) is 6.61 Å². The van der Waals surface area contributed by atoms with Gasteiger partial charge in [-0.15, -0.1) is 0 Å². The van der Waals surface area contributed by atoms with Gasteiger partial charge in [0.2, 0.25) is 0 Å². The fourth-order valence-electron chi connectivity index (χ4n) is 1.47. The number of carbonyl (C=O) groups is 1. The molecule has 0 N–H and O–H groups in total. The summed E-state index contributed by atoms with van der Waals surface area (Å²) >= 11 is 0. The van der Waals surface area contributed by atoms with Crippen molar-refractivity contribution in [3.63, 3.8) is 0 Å². The van der Waals surface area contributed by atoms with Crippen LogP contribution < -0.4 is 0 Å². The number of hydrogen-bond donors (Lipinski definition) is 0. The Morgan fingerprint density at radius 1 is 0.447 bits per heavy atom. The lowest BCUT2D eigenvalue weighted by Gasteiger charge is -2.36. The van der Waals surface area contributed by atoms with Gasteiger partial charge in [-0.1, -0.05) is 0 Å². The molecule has 0 spiro atoms. The molecule has 0 aliphatic carbocycles. The third kappa shape index (κ3) is 6.35. The van der Waals surface area contributed by atoms with Crippen LogP contribution in [0.2, 0.25) is 0 Å². The predicted molar refractivity (Wildman–Crippen MR) is 64.8 cm³/mol. The second-order valence-electron chi connectivity index (χ2n) is 6.28. The number of esters is 1. The van der Waals surface area contributed by atoms with Crippen molar-refractivity contribution in [1.82, 2.24) is 0 Å². The average Bonchev–Trinajstić information content (AvgIpc) is 2.61. The zero-order valence-corrected chi connectivity index (χ0v) is 16.2. The van der Waals surface area contributed by atoms with Crippen LogP contribution in [-0.4, -0.2) is 73.1 Å². The van der Waals surface area contributed by atoms with E-state index in [-0.39, 0.29) is 0 Å². The molecule has 0 heterocycles. The third-order valence-corrected chi connectivity index (χ3v) is 3.44. The largest absolute Gasteiger partial charge is 0.462 e. The van der Waals surface area contributed by atoms with Crippen LogP contribution in [0.1, 0.15) is 0 Å². The number of rotatable bonds is 9.